The fourth-order valence-corrected chi connectivity index (χ4v) is 2.66. The number of halogens is 1. The second-order valence-electron chi connectivity index (χ2n) is 5.16. The highest BCUT2D eigenvalue weighted by molar-refractivity contribution is 9.10. The van der Waals surface area contributed by atoms with Crippen LogP contribution in [0.15, 0.2) is 28.7 Å². The van der Waals surface area contributed by atoms with E-state index in [1.165, 1.54) is 5.56 Å². The van der Waals surface area contributed by atoms with E-state index in [9.17, 15) is 0 Å². The predicted octanol–water partition coefficient (Wildman–Crippen LogP) is 1.78. The molecule has 1 heterocycles. The van der Waals surface area contributed by atoms with E-state index in [-0.39, 0.29) is 0 Å². The maximum Gasteiger partial charge on any atom is 0.0345 e. The van der Waals surface area contributed by atoms with E-state index in [0.29, 0.717) is 6.04 Å². The average molecular weight is 312 g/mol. The van der Waals surface area contributed by atoms with Crippen LogP contribution in [0.2, 0.25) is 0 Å². The van der Waals surface area contributed by atoms with Crippen LogP contribution in [0.25, 0.3) is 0 Å². The van der Waals surface area contributed by atoms with Crippen molar-refractivity contribution in [1.29, 1.82) is 0 Å². The van der Waals surface area contributed by atoms with Gasteiger partial charge in [0.05, 0.1) is 0 Å². The quantitative estimate of drug-likeness (QED) is 0.914. The Morgan fingerprint density at radius 2 is 2.11 bits per heavy atom. The lowest BCUT2D eigenvalue weighted by molar-refractivity contribution is 0.150. The van der Waals surface area contributed by atoms with Crippen LogP contribution in [-0.2, 0) is 6.54 Å². The molecule has 100 valence electrons. The summed E-state index contributed by atoms with van der Waals surface area (Å²) < 4.78 is 1.14. The SMILES string of the molecule is CN(Cc1ccc(Br)cc1)CC1CNCCN1C. The Morgan fingerprint density at radius 1 is 1.39 bits per heavy atom. The van der Waals surface area contributed by atoms with Crippen LogP contribution >= 0.6 is 15.9 Å². The van der Waals surface area contributed by atoms with Crippen molar-refractivity contribution >= 4 is 15.9 Å². The Balaban J connectivity index is 1.84. The monoisotopic (exact) mass is 311 g/mol. The Labute approximate surface area is 118 Å². The van der Waals surface area contributed by atoms with Gasteiger partial charge in [-0.1, -0.05) is 28.1 Å². The standard InChI is InChI=1S/C14H22BrN3/c1-17(10-12-3-5-13(15)6-4-12)11-14-9-16-7-8-18(14)2/h3-6,14,16H,7-11H2,1-2H3. The number of benzene rings is 1. The molecule has 0 bridgehead atoms. The summed E-state index contributed by atoms with van der Waals surface area (Å²) in [5.41, 5.74) is 1.37. The van der Waals surface area contributed by atoms with Gasteiger partial charge in [-0.25, -0.2) is 0 Å². The normalized spacial score (nSPS) is 21.4. The molecule has 0 aliphatic carbocycles. The van der Waals surface area contributed by atoms with Crippen LogP contribution in [-0.4, -0.2) is 56.1 Å². The fourth-order valence-electron chi connectivity index (χ4n) is 2.39. The summed E-state index contributed by atoms with van der Waals surface area (Å²) >= 11 is 3.47. The minimum atomic E-state index is 0.624. The highest BCUT2D eigenvalue weighted by Gasteiger charge is 2.19. The highest BCUT2D eigenvalue weighted by Crippen LogP contribution is 2.12. The van der Waals surface area contributed by atoms with Crippen LogP contribution in [0.3, 0.4) is 0 Å². The van der Waals surface area contributed by atoms with Gasteiger partial charge in [-0.15, -0.1) is 0 Å². The minimum Gasteiger partial charge on any atom is -0.314 e. The zero-order chi connectivity index (χ0) is 13.0. The maximum absolute atomic E-state index is 3.47. The van der Waals surface area contributed by atoms with Crippen LogP contribution in [0.5, 0.6) is 0 Å². The molecular formula is C14H22BrN3. The predicted molar refractivity (Wildman–Crippen MR) is 79.8 cm³/mol. The first-order valence-electron chi connectivity index (χ1n) is 6.49. The third-order valence-electron chi connectivity index (χ3n) is 3.53. The van der Waals surface area contributed by atoms with Gasteiger partial charge in [0, 0.05) is 43.2 Å². The number of likely N-dealkylation sites (N-methyl/N-ethyl adjacent to an activating group) is 2. The van der Waals surface area contributed by atoms with E-state index in [2.05, 4.69) is 69.4 Å². The van der Waals surface area contributed by atoms with Crippen molar-refractivity contribution in [2.75, 3.05) is 40.3 Å². The van der Waals surface area contributed by atoms with Crippen LogP contribution in [0, 0.1) is 0 Å². The molecule has 1 N–H and O–H groups in total. The molecule has 1 aliphatic rings. The van der Waals surface area contributed by atoms with E-state index >= 15 is 0 Å². The number of nitrogens with one attached hydrogen (secondary N) is 1. The van der Waals surface area contributed by atoms with Gasteiger partial charge in [-0.3, -0.25) is 4.90 Å². The van der Waals surface area contributed by atoms with Crippen LogP contribution in [0.4, 0.5) is 0 Å². The molecule has 3 nitrogen and oxygen atoms in total. The number of nitrogens with zero attached hydrogens (tertiary/aromatic N) is 2. The molecule has 2 rings (SSSR count). The zero-order valence-corrected chi connectivity index (χ0v) is 12.8. The molecule has 4 heteroatoms. The topological polar surface area (TPSA) is 18.5 Å². The average Bonchev–Trinajstić information content (AvgIpc) is 2.35. The molecule has 1 saturated heterocycles. The molecule has 1 aromatic rings. The van der Waals surface area contributed by atoms with Gasteiger partial charge in [0.25, 0.3) is 0 Å². The number of hydrogen-bond acceptors (Lipinski definition) is 3. The molecule has 0 amide bonds. The third kappa shape index (κ3) is 4.05. The molecule has 0 radical (unpaired) electrons. The van der Waals surface area contributed by atoms with Gasteiger partial charge < -0.3 is 10.2 Å². The second kappa shape index (κ2) is 6.66. The Kier molecular flexibility index (Phi) is 5.18. The van der Waals surface area contributed by atoms with Gasteiger partial charge >= 0.3 is 0 Å². The Bertz CT molecular complexity index is 366. The van der Waals surface area contributed by atoms with Gasteiger partial charge in [0.2, 0.25) is 0 Å². The first-order chi connectivity index (χ1) is 8.65. The van der Waals surface area contributed by atoms with Crippen molar-refractivity contribution in [2.45, 2.75) is 12.6 Å². The molecule has 0 spiro atoms. The summed E-state index contributed by atoms with van der Waals surface area (Å²) in [5.74, 6) is 0. The van der Waals surface area contributed by atoms with Crippen molar-refractivity contribution < 1.29 is 0 Å². The fraction of sp³-hybridized carbons (Fsp3) is 0.571. The minimum absolute atomic E-state index is 0.624. The number of hydrogen-bond donors (Lipinski definition) is 1. The molecule has 0 saturated carbocycles. The van der Waals surface area contributed by atoms with Gasteiger partial charge in [0.1, 0.15) is 0 Å². The van der Waals surface area contributed by atoms with Crippen LogP contribution < -0.4 is 5.32 Å². The van der Waals surface area contributed by atoms with Gasteiger partial charge in [-0.2, -0.15) is 0 Å². The molecular weight excluding hydrogens is 290 g/mol. The summed E-state index contributed by atoms with van der Waals surface area (Å²) in [6.07, 6.45) is 0. The maximum atomic E-state index is 3.47. The van der Waals surface area contributed by atoms with Crippen molar-refractivity contribution in [3.05, 3.63) is 34.3 Å². The summed E-state index contributed by atoms with van der Waals surface area (Å²) in [5, 5.41) is 3.47. The molecule has 1 unspecified atom stereocenters. The molecule has 0 aromatic heterocycles. The Morgan fingerprint density at radius 3 is 2.78 bits per heavy atom. The molecule has 1 atom stereocenters. The Hall–Kier alpha value is -0.420. The first kappa shape index (κ1) is 14.0. The lowest BCUT2D eigenvalue weighted by Crippen LogP contribution is -2.53. The summed E-state index contributed by atoms with van der Waals surface area (Å²) in [4.78, 5) is 4.85. The number of piperazine rings is 1. The van der Waals surface area contributed by atoms with Gasteiger partial charge in [-0.05, 0) is 31.8 Å². The summed E-state index contributed by atoms with van der Waals surface area (Å²) in [7, 11) is 4.42. The smallest absolute Gasteiger partial charge is 0.0345 e. The van der Waals surface area contributed by atoms with Crippen molar-refractivity contribution in [3.63, 3.8) is 0 Å². The van der Waals surface area contributed by atoms with E-state index in [4.69, 9.17) is 0 Å². The molecule has 1 fully saturated rings. The number of rotatable bonds is 4. The zero-order valence-electron chi connectivity index (χ0n) is 11.2. The highest BCUT2D eigenvalue weighted by atomic mass is 79.9. The van der Waals surface area contributed by atoms with Crippen LogP contribution in [0.1, 0.15) is 5.56 Å². The first-order valence-corrected chi connectivity index (χ1v) is 7.28. The lowest BCUT2D eigenvalue weighted by Gasteiger charge is -2.35. The van der Waals surface area contributed by atoms with Gasteiger partial charge in [0.15, 0.2) is 0 Å². The summed E-state index contributed by atoms with van der Waals surface area (Å²) in [6, 6.07) is 9.21. The van der Waals surface area contributed by atoms with E-state index in [1.807, 2.05) is 0 Å². The second-order valence-corrected chi connectivity index (χ2v) is 6.08. The molecule has 18 heavy (non-hydrogen) atoms. The van der Waals surface area contributed by atoms with Crippen molar-refractivity contribution in [1.82, 2.24) is 15.1 Å². The van der Waals surface area contributed by atoms with Crippen molar-refractivity contribution in [2.24, 2.45) is 0 Å². The van der Waals surface area contributed by atoms with Crippen molar-refractivity contribution in [3.8, 4) is 0 Å². The largest absolute Gasteiger partial charge is 0.314 e. The van der Waals surface area contributed by atoms with E-state index < -0.39 is 0 Å². The molecule has 1 aliphatic heterocycles. The third-order valence-corrected chi connectivity index (χ3v) is 4.06. The van der Waals surface area contributed by atoms with E-state index in [0.717, 1.165) is 37.2 Å². The summed E-state index contributed by atoms with van der Waals surface area (Å²) in [6.45, 7) is 5.48. The van der Waals surface area contributed by atoms with E-state index in [1.54, 1.807) is 0 Å². The molecule has 1 aromatic carbocycles. The lowest BCUT2D eigenvalue weighted by atomic mass is 10.1.